The third kappa shape index (κ3) is 3.79. The fourth-order valence-electron chi connectivity index (χ4n) is 1.68. The first-order valence-corrected chi connectivity index (χ1v) is 6.40. The maximum absolute atomic E-state index is 11.8. The van der Waals surface area contributed by atoms with E-state index in [-0.39, 0.29) is 22.4 Å². The summed E-state index contributed by atoms with van der Waals surface area (Å²) in [4.78, 5) is 45.0. The molecule has 2 N–H and O–H groups in total. The number of rotatable bonds is 3. The Hall–Kier alpha value is -3.49. The van der Waals surface area contributed by atoms with Crippen molar-refractivity contribution in [2.75, 3.05) is 0 Å². The molecule has 0 atom stereocenters. The Labute approximate surface area is 129 Å². The Kier molecular flexibility index (Phi) is 4.50. The molecule has 0 aliphatic rings. The van der Waals surface area contributed by atoms with Gasteiger partial charge in [-0.3, -0.25) is 35.3 Å². The van der Waals surface area contributed by atoms with Gasteiger partial charge in [-0.05, 0) is 18.2 Å². The van der Waals surface area contributed by atoms with Gasteiger partial charge in [0.1, 0.15) is 0 Å². The van der Waals surface area contributed by atoms with Gasteiger partial charge in [-0.1, -0.05) is 0 Å². The van der Waals surface area contributed by atoms with E-state index in [1.165, 1.54) is 41.1 Å². The van der Waals surface area contributed by atoms with E-state index in [4.69, 9.17) is 0 Å². The van der Waals surface area contributed by atoms with Crippen LogP contribution in [0.3, 0.4) is 0 Å². The molecule has 0 aliphatic carbocycles. The van der Waals surface area contributed by atoms with Crippen LogP contribution < -0.4 is 16.4 Å². The van der Waals surface area contributed by atoms with E-state index < -0.39 is 16.7 Å². The average molecular weight is 316 g/mol. The Morgan fingerprint density at radius 2 is 1.61 bits per heavy atom. The highest BCUT2D eigenvalue weighted by Crippen LogP contribution is 2.11. The molecule has 1 heterocycles. The van der Waals surface area contributed by atoms with E-state index in [1.807, 2.05) is 0 Å². The van der Waals surface area contributed by atoms with Crippen LogP contribution >= 0.6 is 0 Å². The van der Waals surface area contributed by atoms with Crippen molar-refractivity contribution in [1.29, 1.82) is 0 Å². The zero-order valence-corrected chi connectivity index (χ0v) is 12.0. The van der Waals surface area contributed by atoms with Gasteiger partial charge in [0.25, 0.3) is 23.1 Å². The minimum absolute atomic E-state index is 0.0945. The van der Waals surface area contributed by atoms with Gasteiger partial charge in [0.2, 0.25) is 0 Å². The molecule has 0 unspecified atom stereocenters. The lowest BCUT2D eigenvalue weighted by atomic mass is 10.2. The lowest BCUT2D eigenvalue weighted by Crippen LogP contribution is -2.42. The minimum atomic E-state index is -0.655. The summed E-state index contributed by atoms with van der Waals surface area (Å²) >= 11 is 0. The number of aromatic nitrogens is 1. The quantitative estimate of drug-likeness (QED) is 0.625. The maximum atomic E-state index is 11.8. The van der Waals surface area contributed by atoms with Crippen molar-refractivity contribution in [3.05, 3.63) is 74.2 Å². The van der Waals surface area contributed by atoms with Crippen molar-refractivity contribution >= 4 is 17.5 Å². The molecule has 9 heteroatoms. The van der Waals surface area contributed by atoms with Crippen LogP contribution in [-0.4, -0.2) is 21.3 Å². The molecule has 0 bridgehead atoms. The second-order valence-electron chi connectivity index (χ2n) is 4.58. The van der Waals surface area contributed by atoms with Gasteiger partial charge in [-0.2, -0.15) is 0 Å². The summed E-state index contributed by atoms with van der Waals surface area (Å²) in [6, 6.07) is 7.44. The van der Waals surface area contributed by atoms with Crippen LogP contribution in [-0.2, 0) is 7.05 Å². The number of nitrogens with one attached hydrogen (secondary N) is 2. The third-order valence-corrected chi connectivity index (χ3v) is 3.00. The first-order chi connectivity index (χ1) is 10.9. The number of hydrogen-bond donors (Lipinski definition) is 2. The van der Waals surface area contributed by atoms with Crippen LogP contribution in [0.5, 0.6) is 0 Å². The van der Waals surface area contributed by atoms with E-state index in [0.717, 1.165) is 6.07 Å². The Balaban J connectivity index is 2.00. The summed E-state index contributed by atoms with van der Waals surface area (Å²) in [5.74, 6) is -1.30. The molecule has 2 amide bonds. The van der Waals surface area contributed by atoms with Crippen molar-refractivity contribution in [3.63, 3.8) is 0 Å². The summed E-state index contributed by atoms with van der Waals surface area (Å²) in [7, 11) is 1.54. The molecule has 0 radical (unpaired) electrons. The zero-order chi connectivity index (χ0) is 17.0. The first kappa shape index (κ1) is 15.9. The predicted molar refractivity (Wildman–Crippen MR) is 79.7 cm³/mol. The van der Waals surface area contributed by atoms with E-state index in [2.05, 4.69) is 10.9 Å². The molecule has 0 saturated carbocycles. The molecular formula is C14H12N4O5. The minimum Gasteiger partial charge on any atom is -0.319 e. The molecule has 2 rings (SSSR count). The molecule has 0 aliphatic heterocycles. The van der Waals surface area contributed by atoms with Crippen LogP contribution in [0.4, 0.5) is 5.69 Å². The molecule has 23 heavy (non-hydrogen) atoms. The Morgan fingerprint density at radius 1 is 1.04 bits per heavy atom. The second-order valence-corrected chi connectivity index (χ2v) is 4.58. The van der Waals surface area contributed by atoms with Crippen molar-refractivity contribution in [3.8, 4) is 0 Å². The second kappa shape index (κ2) is 6.52. The fraction of sp³-hybridized carbons (Fsp3) is 0.0714. The molecular weight excluding hydrogens is 304 g/mol. The number of aryl methyl sites for hydroxylation is 1. The lowest BCUT2D eigenvalue weighted by Gasteiger charge is -2.07. The van der Waals surface area contributed by atoms with Gasteiger partial charge in [-0.15, -0.1) is 0 Å². The van der Waals surface area contributed by atoms with Crippen molar-refractivity contribution in [2.24, 2.45) is 7.05 Å². The topological polar surface area (TPSA) is 123 Å². The van der Waals surface area contributed by atoms with Crippen LogP contribution in [0.25, 0.3) is 0 Å². The van der Waals surface area contributed by atoms with Crippen LogP contribution in [0.15, 0.2) is 47.4 Å². The van der Waals surface area contributed by atoms with E-state index >= 15 is 0 Å². The number of nitro groups is 1. The number of carbonyl (C=O) groups excluding carboxylic acids is 2. The highest BCUT2D eigenvalue weighted by molar-refractivity contribution is 5.99. The Morgan fingerprint density at radius 3 is 2.13 bits per heavy atom. The zero-order valence-electron chi connectivity index (χ0n) is 12.0. The highest BCUT2D eigenvalue weighted by atomic mass is 16.6. The van der Waals surface area contributed by atoms with Crippen molar-refractivity contribution < 1.29 is 14.5 Å². The van der Waals surface area contributed by atoms with Gasteiger partial charge >= 0.3 is 0 Å². The summed E-state index contributed by atoms with van der Waals surface area (Å²) in [6.07, 6.45) is 1.43. The largest absolute Gasteiger partial charge is 0.319 e. The SMILES string of the molecule is Cn1ccc(C(=O)NNC(=O)c2ccc([N+](=O)[O-])cc2)cc1=O. The maximum Gasteiger partial charge on any atom is 0.269 e. The van der Waals surface area contributed by atoms with Crippen LogP contribution in [0.2, 0.25) is 0 Å². The molecule has 0 fully saturated rings. The average Bonchev–Trinajstić information content (AvgIpc) is 2.54. The molecule has 0 saturated heterocycles. The highest BCUT2D eigenvalue weighted by Gasteiger charge is 2.11. The normalized spacial score (nSPS) is 9.96. The Bertz CT molecular complexity index is 826. The molecule has 1 aromatic heterocycles. The van der Waals surface area contributed by atoms with E-state index in [1.54, 1.807) is 7.05 Å². The summed E-state index contributed by atoms with van der Waals surface area (Å²) in [5, 5.41) is 10.5. The molecule has 0 spiro atoms. The monoisotopic (exact) mass is 316 g/mol. The summed E-state index contributed by atoms with van der Waals surface area (Å²) in [5.41, 5.74) is 4.05. The summed E-state index contributed by atoms with van der Waals surface area (Å²) in [6.45, 7) is 0. The number of benzene rings is 1. The number of amides is 2. The predicted octanol–water partition coefficient (Wildman–Crippen LogP) is 0.368. The van der Waals surface area contributed by atoms with Gasteiger partial charge in [0, 0.05) is 42.6 Å². The van der Waals surface area contributed by atoms with Gasteiger partial charge in [0.15, 0.2) is 0 Å². The van der Waals surface area contributed by atoms with Crippen molar-refractivity contribution in [2.45, 2.75) is 0 Å². The van der Waals surface area contributed by atoms with Crippen LogP contribution in [0.1, 0.15) is 20.7 Å². The van der Waals surface area contributed by atoms with E-state index in [0.29, 0.717) is 0 Å². The van der Waals surface area contributed by atoms with Crippen LogP contribution in [0, 0.1) is 10.1 Å². The van der Waals surface area contributed by atoms with Gasteiger partial charge in [0.05, 0.1) is 4.92 Å². The smallest absolute Gasteiger partial charge is 0.269 e. The molecule has 2 aromatic rings. The number of hydrogen-bond acceptors (Lipinski definition) is 5. The van der Waals surface area contributed by atoms with Gasteiger partial charge < -0.3 is 4.57 Å². The first-order valence-electron chi connectivity index (χ1n) is 6.40. The number of carbonyl (C=O) groups is 2. The lowest BCUT2D eigenvalue weighted by molar-refractivity contribution is -0.384. The number of non-ortho nitro benzene ring substituents is 1. The standard InChI is InChI=1S/C14H12N4O5/c1-17-7-6-10(8-12(17)19)14(21)16-15-13(20)9-2-4-11(5-3-9)18(22)23/h2-8H,1H3,(H,15,20)(H,16,21). The molecule has 9 nitrogen and oxygen atoms in total. The third-order valence-electron chi connectivity index (χ3n) is 3.00. The van der Waals surface area contributed by atoms with Gasteiger partial charge in [-0.25, -0.2) is 0 Å². The fourth-order valence-corrected chi connectivity index (χ4v) is 1.68. The number of pyridine rings is 1. The number of nitrogens with zero attached hydrogens (tertiary/aromatic N) is 2. The number of hydrazine groups is 1. The summed E-state index contributed by atoms with van der Waals surface area (Å²) < 4.78 is 1.30. The molecule has 118 valence electrons. The van der Waals surface area contributed by atoms with Crippen molar-refractivity contribution in [1.82, 2.24) is 15.4 Å². The van der Waals surface area contributed by atoms with E-state index in [9.17, 15) is 24.5 Å². The molecule has 1 aromatic carbocycles. The number of nitro benzene ring substituents is 1.